The fourth-order valence-electron chi connectivity index (χ4n) is 3.60. The lowest BCUT2D eigenvalue weighted by atomic mass is 9.84. The Labute approximate surface area is 224 Å². The van der Waals surface area contributed by atoms with E-state index in [0.717, 1.165) is 12.8 Å². The summed E-state index contributed by atoms with van der Waals surface area (Å²) in [6.45, 7) is 5.37. The van der Waals surface area contributed by atoms with Crippen LogP contribution in [-0.4, -0.2) is 36.1 Å². The maximum absolute atomic E-state index is 13.3. The number of primary amides is 1. The molecular formula is C24H44N5O8P. The van der Waals surface area contributed by atoms with Crippen LogP contribution in [0, 0.1) is 11.8 Å². The molecule has 1 aromatic carbocycles. The molecule has 1 aromatic rings. The van der Waals surface area contributed by atoms with Gasteiger partial charge in [0.2, 0.25) is 17.7 Å². The van der Waals surface area contributed by atoms with E-state index in [9.17, 15) is 33.5 Å². The van der Waals surface area contributed by atoms with Gasteiger partial charge < -0.3 is 47.5 Å². The Balaban J connectivity index is 0. The molecule has 0 spiro atoms. The number of ketones is 1. The van der Waals surface area contributed by atoms with Crippen LogP contribution >= 0.6 is 7.82 Å². The molecule has 0 saturated carbocycles. The molecule has 0 heterocycles. The Kier molecular flexibility index (Phi) is 18.1. The van der Waals surface area contributed by atoms with Crippen LogP contribution in [0.15, 0.2) is 24.3 Å². The van der Waals surface area contributed by atoms with Gasteiger partial charge in [-0.05, 0) is 36.5 Å². The number of nitrogens with one attached hydrogen (secondary N) is 2. The zero-order valence-corrected chi connectivity index (χ0v) is 23.9. The summed E-state index contributed by atoms with van der Waals surface area (Å²) in [5, 5.41) is 5.21. The number of phosphoric ester groups is 1. The first kappa shape index (κ1) is 37.3. The Morgan fingerprint density at radius 2 is 1.66 bits per heavy atom. The molecule has 3 atom stereocenters. The van der Waals surface area contributed by atoms with Crippen molar-refractivity contribution in [3.8, 4) is 5.75 Å². The third-order valence-electron chi connectivity index (χ3n) is 5.84. The number of carbonyl (C=O) groups excluding carboxylic acids is 4. The van der Waals surface area contributed by atoms with Gasteiger partial charge in [0.15, 0.2) is 5.78 Å². The fraction of sp³-hybridized carbons (Fsp3) is 0.583. The zero-order valence-electron chi connectivity index (χ0n) is 23.0. The van der Waals surface area contributed by atoms with E-state index in [1.54, 1.807) is 0 Å². The highest BCUT2D eigenvalue weighted by Crippen LogP contribution is 2.29. The van der Waals surface area contributed by atoms with Gasteiger partial charge in [-0.1, -0.05) is 52.2 Å². The molecule has 13 nitrogen and oxygen atoms in total. The van der Waals surface area contributed by atoms with Crippen molar-refractivity contribution in [2.45, 2.75) is 71.8 Å². The van der Waals surface area contributed by atoms with Crippen LogP contribution < -0.4 is 43.0 Å². The number of phosphoric acid groups is 1. The van der Waals surface area contributed by atoms with Crippen LogP contribution in [0.2, 0.25) is 0 Å². The molecule has 0 aromatic heterocycles. The summed E-state index contributed by atoms with van der Waals surface area (Å²) in [4.78, 5) is 71.2. The van der Waals surface area contributed by atoms with Gasteiger partial charge >= 0.3 is 0 Å². The Morgan fingerprint density at radius 3 is 2.16 bits per heavy atom. The third kappa shape index (κ3) is 14.8. The Morgan fingerprint density at radius 1 is 1.05 bits per heavy atom. The van der Waals surface area contributed by atoms with Gasteiger partial charge in [-0.25, -0.2) is 0 Å². The molecule has 2 unspecified atom stereocenters. The molecule has 12 N–H and O–H groups in total. The summed E-state index contributed by atoms with van der Waals surface area (Å²) in [6, 6.07) is 4.59. The van der Waals surface area contributed by atoms with Gasteiger partial charge in [0, 0.05) is 18.8 Å². The van der Waals surface area contributed by atoms with Gasteiger partial charge in [0.1, 0.15) is 13.6 Å². The van der Waals surface area contributed by atoms with Gasteiger partial charge in [0.25, 0.3) is 0 Å². The molecule has 0 aliphatic rings. The summed E-state index contributed by atoms with van der Waals surface area (Å²) < 4.78 is 15.1. The molecule has 0 fully saturated rings. The summed E-state index contributed by atoms with van der Waals surface area (Å²) in [5.41, 5.74) is 5.69. The van der Waals surface area contributed by atoms with Gasteiger partial charge in [0.05, 0.1) is 12.6 Å². The standard InChI is InChI=1S/C24H38N3O8P.2H3N/c1-4-6-7-8-23(30)27-20(13-17-9-11-18(12-10-17)35-36(32,33)34)21(28)14-19(16(3)5-2)24(31)26-15-22(25)29;;/h9-12,16,19-20H,4-8,13-15H2,1-3H3,(H2,25,29)(H,26,31)(H,27,30)(H2,32,33,34);2*1H3/t16?,19-,20?;;/m0../s1. The highest BCUT2D eigenvalue weighted by molar-refractivity contribution is 7.43. The Hall–Kier alpha value is -2.83. The molecule has 14 heteroatoms. The molecule has 38 heavy (non-hydrogen) atoms. The number of rotatable bonds is 17. The summed E-state index contributed by atoms with van der Waals surface area (Å²) >= 11 is 0. The van der Waals surface area contributed by atoms with E-state index in [1.807, 2.05) is 20.8 Å². The van der Waals surface area contributed by atoms with E-state index < -0.39 is 31.6 Å². The van der Waals surface area contributed by atoms with Crippen LogP contribution in [0.5, 0.6) is 5.75 Å². The minimum absolute atomic E-state index is 0. The average Bonchev–Trinajstić information content (AvgIpc) is 2.80. The molecule has 218 valence electrons. The summed E-state index contributed by atoms with van der Waals surface area (Å²) in [5.74, 6) is -2.88. The first-order valence-electron chi connectivity index (χ1n) is 12.0. The summed E-state index contributed by atoms with van der Waals surface area (Å²) in [6.07, 6.45) is 3.26. The number of carbonyl (C=O) groups is 4. The molecule has 0 saturated heterocycles. The van der Waals surface area contributed by atoms with Crippen LogP contribution in [0.25, 0.3) is 0 Å². The molecule has 0 radical (unpaired) electrons. The SMILES string of the molecule is CCCCCC(=O)NC(Cc1ccc(OP(=O)([O-])[O-])cc1)C(=O)C[C@H](C(=O)NCC(N)=O)C(C)CC.[NH4+].[NH4+]. The van der Waals surface area contributed by atoms with E-state index in [2.05, 4.69) is 15.2 Å². The highest BCUT2D eigenvalue weighted by Gasteiger charge is 2.30. The van der Waals surface area contributed by atoms with Crippen LogP contribution in [0.3, 0.4) is 0 Å². The van der Waals surface area contributed by atoms with Gasteiger partial charge in [-0.3, -0.25) is 19.2 Å². The van der Waals surface area contributed by atoms with Crippen molar-refractivity contribution in [3.63, 3.8) is 0 Å². The quantitative estimate of drug-likeness (QED) is 0.137. The van der Waals surface area contributed by atoms with E-state index in [1.165, 1.54) is 24.3 Å². The lowest BCUT2D eigenvalue weighted by Gasteiger charge is -2.29. The van der Waals surface area contributed by atoms with Crippen molar-refractivity contribution in [1.82, 2.24) is 22.9 Å². The van der Waals surface area contributed by atoms with Crippen molar-refractivity contribution >= 4 is 31.3 Å². The maximum Gasteiger partial charge on any atom is 0.236 e. The molecule has 1 rings (SSSR count). The number of nitrogens with two attached hydrogens (primary N) is 1. The van der Waals surface area contributed by atoms with E-state index in [-0.39, 0.29) is 61.5 Å². The Bertz CT molecular complexity index is 938. The van der Waals surface area contributed by atoms with E-state index in [0.29, 0.717) is 18.4 Å². The number of hydrogen-bond acceptors (Lipinski definition) is 8. The molecule has 3 amide bonds. The molecule has 0 aliphatic heterocycles. The lowest BCUT2D eigenvalue weighted by molar-refractivity contribution is -0.333. The van der Waals surface area contributed by atoms with Crippen molar-refractivity contribution in [2.24, 2.45) is 17.6 Å². The largest absolute Gasteiger partial charge is 0.780 e. The van der Waals surface area contributed by atoms with Crippen molar-refractivity contribution in [2.75, 3.05) is 6.54 Å². The minimum atomic E-state index is -5.21. The number of hydrogen-bond donors (Lipinski definition) is 5. The number of benzene rings is 1. The maximum atomic E-state index is 13.3. The topological polar surface area (TPSA) is 264 Å². The molecular weight excluding hydrogens is 517 g/mol. The second-order valence-corrected chi connectivity index (χ2v) is 9.89. The second kappa shape index (κ2) is 18.4. The van der Waals surface area contributed by atoms with E-state index >= 15 is 0 Å². The zero-order chi connectivity index (χ0) is 27.3. The fourth-order valence-corrected chi connectivity index (χ4v) is 3.98. The van der Waals surface area contributed by atoms with Crippen molar-refractivity contribution < 1.29 is 38.1 Å². The molecule has 0 aliphatic carbocycles. The number of quaternary nitrogens is 2. The van der Waals surface area contributed by atoms with Crippen molar-refractivity contribution in [1.29, 1.82) is 0 Å². The normalized spacial score (nSPS) is 13.1. The number of amides is 3. The second-order valence-electron chi connectivity index (χ2n) is 8.81. The van der Waals surface area contributed by atoms with Crippen molar-refractivity contribution in [3.05, 3.63) is 29.8 Å². The van der Waals surface area contributed by atoms with Gasteiger partial charge in [-0.15, -0.1) is 0 Å². The van der Waals surface area contributed by atoms with Gasteiger partial charge in [-0.2, -0.15) is 0 Å². The van der Waals surface area contributed by atoms with Crippen LogP contribution in [0.1, 0.15) is 64.9 Å². The monoisotopic (exact) mass is 561 g/mol. The first-order valence-corrected chi connectivity index (χ1v) is 13.5. The lowest BCUT2D eigenvalue weighted by Crippen LogP contribution is -2.45. The minimum Gasteiger partial charge on any atom is -0.780 e. The predicted octanol–water partition coefficient (Wildman–Crippen LogP) is 1.48. The first-order chi connectivity index (χ1) is 16.9. The predicted molar refractivity (Wildman–Crippen MR) is 141 cm³/mol. The van der Waals surface area contributed by atoms with Crippen LogP contribution in [0.4, 0.5) is 0 Å². The number of unbranched alkanes of at least 4 members (excludes halogenated alkanes) is 2. The number of Topliss-reactive ketones (excluding diaryl/α,β-unsaturated/α-hetero) is 1. The van der Waals surface area contributed by atoms with E-state index in [4.69, 9.17) is 5.73 Å². The smallest absolute Gasteiger partial charge is 0.236 e. The third-order valence-corrected chi connectivity index (χ3v) is 6.27. The highest BCUT2D eigenvalue weighted by atomic mass is 31.2. The molecule has 0 bridgehead atoms. The average molecular weight is 562 g/mol. The van der Waals surface area contributed by atoms with Crippen LogP contribution in [-0.2, 0) is 30.2 Å². The summed E-state index contributed by atoms with van der Waals surface area (Å²) in [7, 11) is -5.21.